The van der Waals surface area contributed by atoms with Gasteiger partial charge in [-0.05, 0) is 49.1 Å². The molecule has 7 heteroatoms. The van der Waals surface area contributed by atoms with Crippen molar-refractivity contribution in [3.8, 4) is 16.9 Å². The number of amides is 1. The van der Waals surface area contributed by atoms with Crippen molar-refractivity contribution in [2.75, 3.05) is 19.5 Å². The second-order valence-electron chi connectivity index (χ2n) is 6.57. The molecular formula is C23H32FN3O3. The maximum atomic E-state index is 13.1. The van der Waals surface area contributed by atoms with Gasteiger partial charge in [0.25, 0.3) is 0 Å². The maximum absolute atomic E-state index is 13.1. The summed E-state index contributed by atoms with van der Waals surface area (Å²) < 4.78 is 18.3. The molecule has 0 saturated heterocycles. The van der Waals surface area contributed by atoms with Crippen molar-refractivity contribution in [1.82, 2.24) is 10.3 Å². The number of halogens is 1. The number of carbonyl (C=O) groups excluding carboxylic acids is 2. The zero-order valence-corrected chi connectivity index (χ0v) is 18.2. The first-order valence-electron chi connectivity index (χ1n) is 10.2. The van der Waals surface area contributed by atoms with Crippen LogP contribution in [-0.4, -0.2) is 37.9 Å². The van der Waals surface area contributed by atoms with E-state index in [4.69, 9.17) is 4.74 Å². The molecule has 0 bridgehead atoms. The zero-order chi connectivity index (χ0) is 22.4. The Labute approximate surface area is 178 Å². The highest BCUT2D eigenvalue weighted by Crippen LogP contribution is 2.31. The molecule has 1 aliphatic carbocycles. The average molecular weight is 418 g/mol. The number of anilines is 1. The molecule has 3 rings (SSSR count). The molecule has 1 saturated carbocycles. The number of hydrogen-bond donors (Lipinski definition) is 2. The van der Waals surface area contributed by atoms with Gasteiger partial charge in [-0.15, -0.1) is 0 Å². The second kappa shape index (κ2) is 14.1. The van der Waals surface area contributed by atoms with E-state index >= 15 is 0 Å². The third-order valence-corrected chi connectivity index (χ3v) is 4.70. The molecular weight excluding hydrogens is 385 g/mol. The minimum Gasteiger partial charge on any atom is -0.496 e. The predicted octanol–water partition coefficient (Wildman–Crippen LogP) is 4.45. The van der Waals surface area contributed by atoms with Gasteiger partial charge in [-0.25, -0.2) is 9.37 Å². The van der Waals surface area contributed by atoms with Crippen LogP contribution >= 0.6 is 0 Å². The fourth-order valence-corrected chi connectivity index (χ4v) is 3.24. The monoisotopic (exact) mass is 417 g/mol. The van der Waals surface area contributed by atoms with Crippen LogP contribution in [0.3, 0.4) is 0 Å². The molecule has 1 aliphatic rings. The van der Waals surface area contributed by atoms with Gasteiger partial charge in [-0.2, -0.15) is 0 Å². The van der Waals surface area contributed by atoms with Gasteiger partial charge < -0.3 is 20.2 Å². The summed E-state index contributed by atoms with van der Waals surface area (Å²) in [5.41, 5.74) is 1.77. The predicted molar refractivity (Wildman–Crippen MR) is 118 cm³/mol. The lowest BCUT2D eigenvalue weighted by atomic mass is 9.87. The number of pyridine rings is 1. The van der Waals surface area contributed by atoms with E-state index in [1.807, 2.05) is 26.0 Å². The highest BCUT2D eigenvalue weighted by molar-refractivity contribution is 5.72. The molecule has 1 amide bonds. The minimum absolute atomic E-state index is 0.168. The van der Waals surface area contributed by atoms with Gasteiger partial charge in [0, 0.05) is 36.8 Å². The van der Waals surface area contributed by atoms with E-state index in [1.165, 1.54) is 19.2 Å². The second-order valence-corrected chi connectivity index (χ2v) is 6.57. The summed E-state index contributed by atoms with van der Waals surface area (Å²) in [6, 6.07) is 8.46. The van der Waals surface area contributed by atoms with Gasteiger partial charge >= 0.3 is 0 Å². The first-order valence-corrected chi connectivity index (χ1v) is 10.2. The van der Waals surface area contributed by atoms with Crippen LogP contribution in [0.25, 0.3) is 11.1 Å². The molecule has 0 spiro atoms. The highest BCUT2D eigenvalue weighted by Gasteiger charge is 2.20. The molecule has 2 atom stereocenters. The maximum Gasteiger partial charge on any atom is 0.207 e. The number of nitrogens with one attached hydrogen (secondary N) is 2. The fourth-order valence-electron chi connectivity index (χ4n) is 3.24. The van der Waals surface area contributed by atoms with E-state index in [2.05, 4.69) is 15.6 Å². The van der Waals surface area contributed by atoms with Crippen molar-refractivity contribution in [3.05, 3.63) is 42.3 Å². The Hall–Kier alpha value is -2.96. The van der Waals surface area contributed by atoms with Crippen molar-refractivity contribution in [3.63, 3.8) is 0 Å². The average Bonchev–Trinajstić information content (AvgIpc) is 2.81. The highest BCUT2D eigenvalue weighted by atomic mass is 19.1. The Morgan fingerprint density at radius 1 is 1.17 bits per heavy atom. The smallest absolute Gasteiger partial charge is 0.207 e. The van der Waals surface area contributed by atoms with Crippen LogP contribution in [-0.2, 0) is 9.59 Å². The van der Waals surface area contributed by atoms with Gasteiger partial charge in [0.1, 0.15) is 23.7 Å². The minimum atomic E-state index is -0.312. The molecule has 1 heterocycles. The van der Waals surface area contributed by atoms with Crippen LogP contribution in [0, 0.1) is 11.7 Å². The number of methoxy groups -OCH3 is 1. The summed E-state index contributed by atoms with van der Waals surface area (Å²) in [5.74, 6) is 1.13. The van der Waals surface area contributed by atoms with Crippen LogP contribution in [0.15, 0.2) is 36.5 Å². The molecule has 0 radical (unpaired) electrons. The number of ether oxygens (including phenoxy) is 1. The number of aldehydes is 1. The molecule has 2 N–H and O–H groups in total. The van der Waals surface area contributed by atoms with Crippen LogP contribution < -0.4 is 15.4 Å². The van der Waals surface area contributed by atoms with Crippen LogP contribution in [0.5, 0.6) is 5.75 Å². The number of carbonyl (C=O) groups is 2. The summed E-state index contributed by atoms with van der Waals surface area (Å²) in [6.45, 7) is 4.00. The summed E-state index contributed by atoms with van der Waals surface area (Å²) in [6.07, 6.45) is 7.29. The number of rotatable bonds is 6. The van der Waals surface area contributed by atoms with E-state index in [9.17, 15) is 14.0 Å². The first-order chi connectivity index (χ1) is 14.6. The molecule has 6 nitrogen and oxygen atoms in total. The van der Waals surface area contributed by atoms with Crippen LogP contribution in [0.4, 0.5) is 10.2 Å². The van der Waals surface area contributed by atoms with Gasteiger partial charge in [0.05, 0.1) is 7.11 Å². The lowest BCUT2D eigenvalue weighted by molar-refractivity contribution is -0.114. The lowest BCUT2D eigenvalue weighted by Gasteiger charge is -2.24. The summed E-state index contributed by atoms with van der Waals surface area (Å²) in [4.78, 5) is 24.6. The van der Waals surface area contributed by atoms with Gasteiger partial charge in [0.2, 0.25) is 6.41 Å². The third-order valence-electron chi connectivity index (χ3n) is 4.70. The number of nitrogens with zero attached hydrogens (tertiary/aromatic N) is 1. The standard InChI is InChI=1S/C13H13FN2O.C8H13NO2.C2H6/c1-15-13-7-9(5-6-16-13)11-4-3-10(14)8-12(11)17-2;10-5-7-2-1-3-8(4-7)9-6-11;1-2/h3-8H,1-2H3,(H,15,16);5-8H,1-4H2,(H,9,11);1-2H3/t;7-,8+;/m.0./s1. The first kappa shape index (κ1) is 25.1. The summed E-state index contributed by atoms with van der Waals surface area (Å²) in [7, 11) is 3.33. The Morgan fingerprint density at radius 3 is 2.57 bits per heavy atom. The molecule has 30 heavy (non-hydrogen) atoms. The molecule has 1 fully saturated rings. The zero-order valence-electron chi connectivity index (χ0n) is 18.2. The summed E-state index contributed by atoms with van der Waals surface area (Å²) in [5, 5.41) is 5.67. The van der Waals surface area contributed by atoms with Crippen molar-refractivity contribution < 1.29 is 18.7 Å². The Morgan fingerprint density at radius 2 is 1.93 bits per heavy atom. The molecule has 2 aromatic rings. The van der Waals surface area contributed by atoms with E-state index in [1.54, 1.807) is 19.3 Å². The molecule has 164 valence electrons. The SMILES string of the molecule is CC.CNc1cc(-c2ccc(F)cc2OC)ccn1.O=CN[C@@H]1CCC[C@H](C=O)C1. The van der Waals surface area contributed by atoms with Gasteiger partial charge in [-0.1, -0.05) is 20.3 Å². The van der Waals surface area contributed by atoms with Gasteiger partial charge in [0.15, 0.2) is 0 Å². The van der Waals surface area contributed by atoms with E-state index < -0.39 is 0 Å². The van der Waals surface area contributed by atoms with Crippen LogP contribution in [0.2, 0.25) is 0 Å². The third kappa shape index (κ3) is 7.81. The number of hydrogen-bond acceptors (Lipinski definition) is 5. The van der Waals surface area contributed by atoms with E-state index in [0.717, 1.165) is 55.3 Å². The molecule has 0 aliphatic heterocycles. The van der Waals surface area contributed by atoms with Gasteiger partial charge in [-0.3, -0.25) is 4.79 Å². The Bertz CT molecular complexity index is 786. The normalized spacial score (nSPS) is 17.2. The van der Waals surface area contributed by atoms with E-state index in [0.29, 0.717) is 5.75 Å². The van der Waals surface area contributed by atoms with Crippen molar-refractivity contribution in [1.29, 1.82) is 0 Å². The Kier molecular flexibility index (Phi) is 11.8. The molecule has 1 aromatic heterocycles. The Balaban J connectivity index is 0.000000300. The van der Waals surface area contributed by atoms with Crippen LogP contribution in [0.1, 0.15) is 39.5 Å². The van der Waals surface area contributed by atoms with Crippen molar-refractivity contribution in [2.24, 2.45) is 5.92 Å². The molecule has 0 unspecified atom stereocenters. The van der Waals surface area contributed by atoms with Crippen molar-refractivity contribution in [2.45, 2.75) is 45.6 Å². The molecule has 1 aromatic carbocycles. The fraction of sp³-hybridized carbons (Fsp3) is 0.435. The topological polar surface area (TPSA) is 80.3 Å². The number of aromatic nitrogens is 1. The van der Waals surface area contributed by atoms with E-state index in [-0.39, 0.29) is 17.8 Å². The van der Waals surface area contributed by atoms with Crippen molar-refractivity contribution >= 4 is 18.5 Å². The summed E-state index contributed by atoms with van der Waals surface area (Å²) >= 11 is 0. The number of benzene rings is 1. The largest absolute Gasteiger partial charge is 0.496 e. The lowest BCUT2D eigenvalue weighted by Crippen LogP contribution is -2.33. The quantitative estimate of drug-likeness (QED) is 0.679.